The molecule has 3 heterocycles. The van der Waals surface area contributed by atoms with Crippen LogP contribution in [0.25, 0.3) is 0 Å². The Hall–Kier alpha value is -4.66. The number of hydrogen-bond acceptors (Lipinski definition) is 8. The van der Waals surface area contributed by atoms with Gasteiger partial charge < -0.3 is 34.8 Å². The number of anilines is 3. The second kappa shape index (κ2) is 13.0. The van der Waals surface area contributed by atoms with E-state index in [1.165, 1.54) is 36.2 Å². The summed E-state index contributed by atoms with van der Waals surface area (Å²) in [6.07, 6.45) is 0.292. The number of non-ortho nitro benzene ring substituents is 1. The summed E-state index contributed by atoms with van der Waals surface area (Å²) >= 11 is 0. The van der Waals surface area contributed by atoms with E-state index < -0.39 is 42.4 Å². The summed E-state index contributed by atoms with van der Waals surface area (Å²) in [7, 11) is -3.60. The van der Waals surface area contributed by atoms with E-state index in [0.29, 0.717) is 41.2 Å². The lowest BCUT2D eigenvalue weighted by atomic mass is 9.82. The fourth-order valence-electron chi connectivity index (χ4n) is 7.86. The number of halogens is 1. The number of nitro benzene ring substituents is 1. The van der Waals surface area contributed by atoms with Crippen molar-refractivity contribution in [1.29, 1.82) is 0 Å². The van der Waals surface area contributed by atoms with Crippen molar-refractivity contribution in [1.82, 2.24) is 4.90 Å². The number of rotatable bonds is 9. The Bertz CT molecular complexity index is 1780. The molecule has 5 atom stereocenters. The van der Waals surface area contributed by atoms with E-state index in [-0.39, 0.29) is 48.7 Å². The molecule has 3 aromatic rings. The van der Waals surface area contributed by atoms with Crippen LogP contribution in [-0.2, 0) is 26.5 Å². The third-order valence-electron chi connectivity index (χ3n) is 10.2. The summed E-state index contributed by atoms with van der Waals surface area (Å²) in [4.78, 5) is 55.3. The minimum atomic E-state index is -3.60. The summed E-state index contributed by atoms with van der Waals surface area (Å²) in [5, 5.41) is 24.5. The largest absolute Gasteiger partial charge is 0.399 e. The minimum Gasteiger partial charge on any atom is -0.399 e. The molecule has 2 saturated heterocycles. The van der Waals surface area contributed by atoms with Gasteiger partial charge in [0.05, 0.1) is 42.3 Å². The zero-order chi connectivity index (χ0) is 35.2. The lowest BCUT2D eigenvalue weighted by Gasteiger charge is -2.31. The number of carbonyl (C=O) groups is 3. The van der Waals surface area contributed by atoms with Gasteiger partial charge in [-0.15, -0.1) is 0 Å². The number of aliphatic hydroxyl groups is 1. The number of carbonyl (C=O) groups excluding carboxylic acids is 3. The summed E-state index contributed by atoms with van der Waals surface area (Å²) in [6.45, 7) is 5.16. The van der Waals surface area contributed by atoms with E-state index in [1.54, 1.807) is 60.4 Å². The van der Waals surface area contributed by atoms with Crippen LogP contribution in [-0.4, -0.2) is 66.4 Å². The Labute approximate surface area is 284 Å². The van der Waals surface area contributed by atoms with Gasteiger partial charge in [-0.05, 0) is 74.0 Å². The van der Waals surface area contributed by atoms with Gasteiger partial charge in [-0.2, -0.15) is 0 Å². The van der Waals surface area contributed by atoms with E-state index in [0.717, 1.165) is 6.42 Å². The summed E-state index contributed by atoms with van der Waals surface area (Å²) in [6, 6.07) is 17.3. The molecule has 6 rings (SSSR count). The molecule has 4 N–H and O–H groups in total. The molecular weight excluding hydrogens is 649 g/mol. The summed E-state index contributed by atoms with van der Waals surface area (Å²) in [5.41, 5.74) is 5.87. The van der Waals surface area contributed by atoms with Crippen molar-refractivity contribution in [3.8, 4) is 0 Å². The molecule has 3 aliphatic rings. The molecule has 14 heteroatoms. The van der Waals surface area contributed by atoms with Crippen molar-refractivity contribution in [2.75, 3.05) is 29.1 Å². The van der Waals surface area contributed by atoms with Crippen LogP contribution in [0.3, 0.4) is 0 Å². The van der Waals surface area contributed by atoms with Crippen LogP contribution in [0.15, 0.2) is 66.7 Å². The average molecular weight is 690 g/mol. The SMILES string of the molecule is C[C@@H]1[C@@H]([Si](C)(C)F)[C@H](CC(=O)N2CCC[C@H]2CO)O[C@@]12C(=O)N(Cc1ccc(NC(=O)c3ccc(N)cc3)cc1)c1ccc([N+](=O)[O-])cc12. The Morgan fingerprint density at radius 3 is 2.47 bits per heavy atom. The molecule has 3 amide bonds. The number of nitrogen functional groups attached to an aromatic ring is 1. The number of aliphatic hydroxyl groups excluding tert-OH is 1. The molecule has 0 aromatic heterocycles. The topological polar surface area (TPSA) is 168 Å². The highest BCUT2D eigenvalue weighted by molar-refractivity contribution is 6.72. The number of ether oxygens (including phenoxy) is 1. The highest BCUT2D eigenvalue weighted by Gasteiger charge is 2.67. The predicted molar refractivity (Wildman–Crippen MR) is 184 cm³/mol. The van der Waals surface area contributed by atoms with Gasteiger partial charge in [0.25, 0.3) is 17.5 Å². The highest BCUT2D eigenvalue weighted by atomic mass is 28.4. The van der Waals surface area contributed by atoms with Crippen molar-refractivity contribution >= 4 is 48.9 Å². The van der Waals surface area contributed by atoms with Crippen LogP contribution in [0.5, 0.6) is 0 Å². The molecule has 0 bridgehead atoms. The average Bonchev–Trinajstić information content (AvgIpc) is 3.72. The first-order valence-corrected chi connectivity index (χ1v) is 19.3. The molecule has 3 aromatic carbocycles. The van der Waals surface area contributed by atoms with Gasteiger partial charge in [0.2, 0.25) is 14.3 Å². The van der Waals surface area contributed by atoms with E-state index in [9.17, 15) is 29.6 Å². The normalized spacial score (nSPS) is 24.8. The second-order valence-electron chi connectivity index (χ2n) is 13.7. The molecule has 0 aliphatic carbocycles. The van der Waals surface area contributed by atoms with Gasteiger partial charge in [-0.1, -0.05) is 19.1 Å². The quantitative estimate of drug-likeness (QED) is 0.0914. The molecule has 258 valence electrons. The summed E-state index contributed by atoms with van der Waals surface area (Å²) in [5.74, 6) is -1.82. The van der Waals surface area contributed by atoms with Gasteiger partial charge >= 0.3 is 0 Å². The van der Waals surface area contributed by atoms with Crippen LogP contribution >= 0.6 is 0 Å². The Morgan fingerprint density at radius 1 is 1.14 bits per heavy atom. The van der Waals surface area contributed by atoms with E-state index in [1.807, 2.05) is 0 Å². The number of nitrogens with two attached hydrogens (primary N) is 1. The highest BCUT2D eigenvalue weighted by Crippen LogP contribution is 2.60. The number of fused-ring (bicyclic) bond motifs is 2. The standard InChI is InChI=1S/C35H40FN5O7Si/c1-21-32(49(2,3)36)30(18-31(43)39-16-4-5-27(39)20-42)48-35(21)28-17-26(41(46)47)14-15-29(28)40(34(35)45)19-22-6-12-25(13-7-22)38-33(44)23-8-10-24(37)11-9-23/h6-15,17,21,27,30,32,42H,4-5,16,18-20,37H2,1-3H3,(H,38,44)/t21-,27+,30+,32-,35+/m1/s1. The molecule has 1 spiro atoms. The third-order valence-corrected chi connectivity index (χ3v) is 12.6. The zero-order valence-electron chi connectivity index (χ0n) is 27.6. The Kier molecular flexibility index (Phi) is 9.07. The number of nitro groups is 1. The third kappa shape index (κ3) is 6.19. The maximum Gasteiger partial charge on any atom is 0.269 e. The smallest absolute Gasteiger partial charge is 0.269 e. The van der Waals surface area contributed by atoms with Crippen LogP contribution in [0, 0.1) is 16.0 Å². The summed E-state index contributed by atoms with van der Waals surface area (Å²) < 4.78 is 22.9. The van der Waals surface area contributed by atoms with Crippen molar-refractivity contribution in [2.45, 2.75) is 69.1 Å². The Balaban J connectivity index is 1.31. The minimum absolute atomic E-state index is 0.0737. The van der Waals surface area contributed by atoms with E-state index in [4.69, 9.17) is 10.5 Å². The van der Waals surface area contributed by atoms with Gasteiger partial charge in [0.1, 0.15) is 0 Å². The first-order chi connectivity index (χ1) is 23.2. The van der Waals surface area contributed by atoms with Crippen molar-refractivity contribution < 1.29 is 33.3 Å². The first-order valence-electron chi connectivity index (χ1n) is 16.4. The van der Waals surface area contributed by atoms with Crippen LogP contribution < -0.4 is 16.0 Å². The van der Waals surface area contributed by atoms with Gasteiger partial charge in [0, 0.05) is 52.6 Å². The first kappa shape index (κ1) is 34.2. The lowest BCUT2D eigenvalue weighted by molar-refractivity contribution is -0.385. The van der Waals surface area contributed by atoms with Crippen LogP contribution in [0.1, 0.15) is 47.7 Å². The number of nitrogens with one attached hydrogen (secondary N) is 1. The Morgan fingerprint density at radius 2 is 1.84 bits per heavy atom. The van der Waals surface area contributed by atoms with Gasteiger partial charge in [0.15, 0.2) is 5.60 Å². The fraction of sp³-hybridized carbons (Fsp3) is 0.400. The maximum absolute atomic E-state index is 16.2. The number of likely N-dealkylation sites (tertiary alicyclic amines) is 1. The van der Waals surface area contributed by atoms with Crippen LogP contribution in [0.4, 0.5) is 26.9 Å². The number of hydrogen-bond donors (Lipinski definition) is 3. The number of benzene rings is 3. The zero-order valence-corrected chi connectivity index (χ0v) is 28.6. The molecule has 2 fully saturated rings. The fourth-order valence-corrected chi connectivity index (χ4v) is 10.4. The molecular formula is C35H40FN5O7Si. The number of nitrogens with zero attached hydrogens (tertiary/aromatic N) is 3. The molecule has 0 unspecified atom stereocenters. The second-order valence-corrected chi connectivity index (χ2v) is 17.5. The van der Waals surface area contributed by atoms with Crippen molar-refractivity contribution in [3.63, 3.8) is 0 Å². The maximum atomic E-state index is 16.2. The predicted octanol–water partition coefficient (Wildman–Crippen LogP) is 5.12. The molecule has 49 heavy (non-hydrogen) atoms. The molecule has 0 radical (unpaired) electrons. The van der Waals surface area contributed by atoms with Crippen LogP contribution in [0.2, 0.25) is 18.6 Å². The lowest BCUT2D eigenvalue weighted by Crippen LogP contribution is -2.45. The van der Waals surface area contributed by atoms with E-state index >= 15 is 4.11 Å². The molecule has 12 nitrogen and oxygen atoms in total. The van der Waals surface area contributed by atoms with Gasteiger partial charge in [-0.25, -0.2) is 0 Å². The number of amides is 3. The van der Waals surface area contributed by atoms with Crippen molar-refractivity contribution in [2.24, 2.45) is 5.92 Å². The van der Waals surface area contributed by atoms with E-state index in [2.05, 4.69) is 5.32 Å². The molecule has 0 saturated carbocycles. The molecule has 3 aliphatic heterocycles. The van der Waals surface area contributed by atoms with Crippen molar-refractivity contribution in [3.05, 3.63) is 93.5 Å². The monoisotopic (exact) mass is 689 g/mol. The van der Waals surface area contributed by atoms with Gasteiger partial charge in [-0.3, -0.25) is 24.5 Å².